The fourth-order valence-electron chi connectivity index (χ4n) is 1.71. The number of amides is 1. The third-order valence-corrected chi connectivity index (χ3v) is 2.89. The molecule has 0 spiro atoms. The van der Waals surface area contributed by atoms with Gasteiger partial charge in [0.05, 0.1) is 18.1 Å². The SMILES string of the molecule is COCC(O)CN(C)C(=O)C1(CN)CC1. The molecule has 1 rings (SSSR count). The monoisotopic (exact) mass is 216 g/mol. The van der Waals surface area contributed by atoms with E-state index >= 15 is 0 Å². The van der Waals surface area contributed by atoms with E-state index in [1.54, 1.807) is 11.9 Å². The van der Waals surface area contributed by atoms with Crippen molar-refractivity contribution in [3.63, 3.8) is 0 Å². The van der Waals surface area contributed by atoms with Crippen molar-refractivity contribution >= 4 is 5.91 Å². The Balaban J connectivity index is 2.40. The molecule has 0 aromatic carbocycles. The molecule has 1 saturated carbocycles. The molecule has 0 aromatic rings. The van der Waals surface area contributed by atoms with E-state index < -0.39 is 6.10 Å². The molecule has 1 amide bonds. The third-order valence-electron chi connectivity index (χ3n) is 2.89. The molecule has 15 heavy (non-hydrogen) atoms. The van der Waals surface area contributed by atoms with Gasteiger partial charge in [-0.1, -0.05) is 0 Å². The highest BCUT2D eigenvalue weighted by molar-refractivity contribution is 5.85. The number of nitrogens with zero attached hydrogens (tertiary/aromatic N) is 1. The molecule has 1 fully saturated rings. The van der Waals surface area contributed by atoms with Crippen LogP contribution in [0, 0.1) is 5.41 Å². The Morgan fingerprint density at radius 1 is 1.67 bits per heavy atom. The zero-order chi connectivity index (χ0) is 11.5. The summed E-state index contributed by atoms with van der Waals surface area (Å²) in [5.41, 5.74) is 5.23. The lowest BCUT2D eigenvalue weighted by molar-refractivity contribution is -0.137. The number of carbonyl (C=O) groups is 1. The highest BCUT2D eigenvalue weighted by atomic mass is 16.5. The summed E-state index contributed by atoms with van der Waals surface area (Å²) in [5, 5.41) is 9.48. The van der Waals surface area contributed by atoms with Gasteiger partial charge in [-0.2, -0.15) is 0 Å². The molecule has 0 heterocycles. The van der Waals surface area contributed by atoms with Crippen LogP contribution in [-0.4, -0.2) is 55.9 Å². The summed E-state index contributed by atoms with van der Waals surface area (Å²) >= 11 is 0. The molecule has 3 N–H and O–H groups in total. The minimum Gasteiger partial charge on any atom is -0.389 e. The Hall–Kier alpha value is -0.650. The molecule has 1 atom stereocenters. The van der Waals surface area contributed by atoms with Gasteiger partial charge in [-0.25, -0.2) is 0 Å². The zero-order valence-corrected chi connectivity index (χ0v) is 9.40. The van der Waals surface area contributed by atoms with Gasteiger partial charge in [-0.15, -0.1) is 0 Å². The van der Waals surface area contributed by atoms with Gasteiger partial charge in [-0.3, -0.25) is 4.79 Å². The molecule has 0 radical (unpaired) electrons. The van der Waals surface area contributed by atoms with E-state index in [1.807, 2.05) is 0 Å². The minimum absolute atomic E-state index is 0.0418. The molecule has 0 aromatic heterocycles. The van der Waals surface area contributed by atoms with Crippen molar-refractivity contribution in [2.75, 3.05) is 33.9 Å². The minimum atomic E-state index is -0.627. The fourth-order valence-corrected chi connectivity index (χ4v) is 1.71. The van der Waals surface area contributed by atoms with E-state index in [-0.39, 0.29) is 17.9 Å². The van der Waals surface area contributed by atoms with Crippen LogP contribution in [-0.2, 0) is 9.53 Å². The molecule has 5 nitrogen and oxygen atoms in total. The first kappa shape index (κ1) is 12.4. The Morgan fingerprint density at radius 3 is 2.67 bits per heavy atom. The number of carbonyl (C=O) groups excluding carboxylic acids is 1. The van der Waals surface area contributed by atoms with Crippen LogP contribution in [0.15, 0.2) is 0 Å². The second-order valence-electron chi connectivity index (χ2n) is 4.28. The first-order chi connectivity index (χ1) is 7.05. The van der Waals surface area contributed by atoms with Crippen molar-refractivity contribution in [3.8, 4) is 0 Å². The van der Waals surface area contributed by atoms with E-state index in [0.29, 0.717) is 13.1 Å². The van der Waals surface area contributed by atoms with Gasteiger partial charge in [0.25, 0.3) is 0 Å². The average molecular weight is 216 g/mol. The van der Waals surface area contributed by atoms with Gasteiger partial charge in [0.2, 0.25) is 5.91 Å². The molecular weight excluding hydrogens is 196 g/mol. The Morgan fingerprint density at radius 2 is 2.27 bits per heavy atom. The smallest absolute Gasteiger partial charge is 0.229 e. The molecular formula is C10H20N2O3. The normalized spacial score (nSPS) is 19.7. The van der Waals surface area contributed by atoms with E-state index in [9.17, 15) is 9.90 Å². The van der Waals surface area contributed by atoms with Crippen molar-refractivity contribution < 1.29 is 14.6 Å². The summed E-state index contributed by atoms with van der Waals surface area (Å²) in [7, 11) is 3.21. The highest BCUT2D eigenvalue weighted by Gasteiger charge is 2.49. The van der Waals surface area contributed by atoms with E-state index in [0.717, 1.165) is 12.8 Å². The largest absolute Gasteiger partial charge is 0.389 e. The number of hydrogen-bond acceptors (Lipinski definition) is 4. The van der Waals surface area contributed by atoms with E-state index in [4.69, 9.17) is 10.5 Å². The van der Waals surface area contributed by atoms with Crippen LogP contribution >= 0.6 is 0 Å². The standard InChI is InChI=1S/C10H20N2O3/c1-12(5-8(13)6-15-2)9(14)10(7-11)3-4-10/h8,13H,3-7,11H2,1-2H3. The van der Waals surface area contributed by atoms with Crippen LogP contribution in [0.25, 0.3) is 0 Å². The molecule has 1 unspecified atom stereocenters. The zero-order valence-electron chi connectivity index (χ0n) is 9.40. The Bertz CT molecular complexity index is 229. The summed E-state index contributed by atoms with van der Waals surface area (Å²) in [4.78, 5) is 13.4. The fraction of sp³-hybridized carbons (Fsp3) is 0.900. The molecule has 0 saturated heterocycles. The first-order valence-electron chi connectivity index (χ1n) is 5.18. The lowest BCUT2D eigenvalue weighted by Crippen LogP contribution is -2.42. The number of methoxy groups -OCH3 is 1. The van der Waals surface area contributed by atoms with Gasteiger partial charge in [-0.05, 0) is 12.8 Å². The maximum Gasteiger partial charge on any atom is 0.229 e. The second kappa shape index (κ2) is 4.92. The predicted molar refractivity (Wildman–Crippen MR) is 56.2 cm³/mol. The predicted octanol–water partition coefficient (Wildman–Crippen LogP) is -0.809. The van der Waals surface area contributed by atoms with Crippen LogP contribution in [0.3, 0.4) is 0 Å². The lowest BCUT2D eigenvalue weighted by atomic mass is 10.1. The quantitative estimate of drug-likeness (QED) is 0.609. The summed E-state index contributed by atoms with van der Waals surface area (Å²) in [6.45, 7) is 0.943. The van der Waals surface area contributed by atoms with Gasteiger partial charge in [0, 0.05) is 27.2 Å². The summed E-state index contributed by atoms with van der Waals surface area (Å²) in [6.07, 6.45) is 1.11. The number of hydrogen-bond donors (Lipinski definition) is 2. The van der Waals surface area contributed by atoms with Gasteiger partial charge >= 0.3 is 0 Å². The van der Waals surface area contributed by atoms with Crippen molar-refractivity contribution in [1.82, 2.24) is 4.90 Å². The van der Waals surface area contributed by atoms with Crippen molar-refractivity contribution in [2.45, 2.75) is 18.9 Å². The molecule has 0 bridgehead atoms. The maximum absolute atomic E-state index is 11.9. The second-order valence-corrected chi connectivity index (χ2v) is 4.28. The van der Waals surface area contributed by atoms with Crippen LogP contribution in [0.4, 0.5) is 0 Å². The number of aliphatic hydroxyl groups is 1. The maximum atomic E-state index is 11.9. The van der Waals surface area contributed by atoms with Crippen LogP contribution in [0.5, 0.6) is 0 Å². The average Bonchev–Trinajstić information content (AvgIpc) is 2.97. The van der Waals surface area contributed by atoms with Crippen molar-refractivity contribution in [1.29, 1.82) is 0 Å². The summed E-state index contributed by atoms with van der Waals surface area (Å²) in [6, 6.07) is 0. The summed E-state index contributed by atoms with van der Waals surface area (Å²) < 4.78 is 4.80. The van der Waals surface area contributed by atoms with Gasteiger partial charge in [0.1, 0.15) is 0 Å². The van der Waals surface area contributed by atoms with Crippen LogP contribution < -0.4 is 5.73 Å². The van der Waals surface area contributed by atoms with Crippen LogP contribution in [0.2, 0.25) is 0 Å². The Labute approximate surface area is 90.2 Å². The van der Waals surface area contributed by atoms with E-state index in [2.05, 4.69) is 0 Å². The van der Waals surface area contributed by atoms with Crippen molar-refractivity contribution in [3.05, 3.63) is 0 Å². The molecule has 1 aliphatic rings. The van der Waals surface area contributed by atoms with Gasteiger partial charge < -0.3 is 20.5 Å². The number of aliphatic hydroxyl groups excluding tert-OH is 1. The van der Waals surface area contributed by atoms with Crippen LogP contribution in [0.1, 0.15) is 12.8 Å². The number of nitrogens with two attached hydrogens (primary N) is 1. The molecule has 0 aliphatic heterocycles. The topological polar surface area (TPSA) is 75.8 Å². The Kier molecular flexibility index (Phi) is 4.07. The number of likely N-dealkylation sites (N-methyl/N-ethyl adjacent to an activating group) is 1. The third kappa shape index (κ3) is 2.90. The lowest BCUT2D eigenvalue weighted by Gasteiger charge is -2.24. The molecule has 5 heteroatoms. The number of ether oxygens (including phenoxy) is 1. The van der Waals surface area contributed by atoms with Crippen molar-refractivity contribution in [2.24, 2.45) is 11.1 Å². The summed E-state index contributed by atoms with van der Waals surface area (Å²) in [5.74, 6) is 0.0418. The number of rotatable bonds is 6. The first-order valence-corrected chi connectivity index (χ1v) is 5.18. The van der Waals surface area contributed by atoms with E-state index in [1.165, 1.54) is 7.11 Å². The van der Waals surface area contributed by atoms with Gasteiger partial charge in [0.15, 0.2) is 0 Å². The molecule has 88 valence electrons. The molecule has 1 aliphatic carbocycles. The highest BCUT2D eigenvalue weighted by Crippen LogP contribution is 2.45.